The number of hydrogen-bond donors (Lipinski definition) is 0. The minimum Gasteiger partial charge on any atom is -0.256 e. The van der Waals surface area contributed by atoms with E-state index < -0.39 is 0 Å². The molecule has 0 fully saturated rings. The maximum Gasteiger partial charge on any atom is 0.0641 e. The van der Waals surface area contributed by atoms with Crippen molar-refractivity contribution >= 4 is 27.8 Å². The highest BCUT2D eigenvalue weighted by molar-refractivity contribution is 9.10. The zero-order chi connectivity index (χ0) is 10.5. The van der Waals surface area contributed by atoms with Gasteiger partial charge in [-0.1, -0.05) is 52.3 Å². The van der Waals surface area contributed by atoms with Crippen molar-refractivity contribution in [2.75, 3.05) is 0 Å². The molecular weight excluding hydrogens is 250 g/mol. The van der Waals surface area contributed by atoms with Gasteiger partial charge in [0.2, 0.25) is 0 Å². The standard InChI is InChI=1S/C13H10BrN/c14-12-7-4-8-13(9-12)15-10-11-5-2-1-3-6-11/h1-10H. The summed E-state index contributed by atoms with van der Waals surface area (Å²) in [7, 11) is 0. The van der Waals surface area contributed by atoms with Crippen molar-refractivity contribution in [2.45, 2.75) is 0 Å². The van der Waals surface area contributed by atoms with Crippen molar-refractivity contribution in [2.24, 2.45) is 4.99 Å². The predicted molar refractivity (Wildman–Crippen MR) is 67.8 cm³/mol. The molecule has 74 valence electrons. The van der Waals surface area contributed by atoms with Gasteiger partial charge in [0.15, 0.2) is 0 Å². The molecule has 0 aliphatic heterocycles. The summed E-state index contributed by atoms with van der Waals surface area (Å²) in [6.07, 6.45) is 1.86. The lowest BCUT2D eigenvalue weighted by atomic mass is 10.2. The zero-order valence-electron chi connectivity index (χ0n) is 8.10. The van der Waals surface area contributed by atoms with E-state index in [-0.39, 0.29) is 0 Å². The van der Waals surface area contributed by atoms with Crippen LogP contribution in [0.2, 0.25) is 0 Å². The molecule has 0 N–H and O–H groups in total. The molecule has 0 amide bonds. The number of halogens is 1. The Hall–Kier alpha value is -1.41. The summed E-state index contributed by atoms with van der Waals surface area (Å²) >= 11 is 3.41. The molecule has 0 bridgehead atoms. The van der Waals surface area contributed by atoms with E-state index in [1.165, 1.54) is 0 Å². The first-order valence-electron chi connectivity index (χ1n) is 4.69. The van der Waals surface area contributed by atoms with E-state index in [9.17, 15) is 0 Å². The average molecular weight is 260 g/mol. The largest absolute Gasteiger partial charge is 0.256 e. The van der Waals surface area contributed by atoms with Crippen molar-refractivity contribution in [3.8, 4) is 0 Å². The van der Waals surface area contributed by atoms with Crippen LogP contribution in [0.3, 0.4) is 0 Å². The third-order valence-corrected chi connectivity index (χ3v) is 2.46. The topological polar surface area (TPSA) is 12.4 Å². The molecule has 0 aromatic heterocycles. The second kappa shape index (κ2) is 4.89. The summed E-state index contributed by atoms with van der Waals surface area (Å²) in [5, 5.41) is 0. The normalized spacial score (nSPS) is 10.7. The van der Waals surface area contributed by atoms with E-state index in [0.29, 0.717) is 0 Å². The molecule has 2 aromatic rings. The minimum absolute atomic E-state index is 0.952. The molecule has 0 spiro atoms. The fourth-order valence-electron chi connectivity index (χ4n) is 1.24. The van der Waals surface area contributed by atoms with Crippen molar-refractivity contribution in [1.82, 2.24) is 0 Å². The van der Waals surface area contributed by atoms with E-state index in [1.54, 1.807) is 0 Å². The molecule has 15 heavy (non-hydrogen) atoms. The summed E-state index contributed by atoms with van der Waals surface area (Å²) < 4.78 is 1.05. The summed E-state index contributed by atoms with van der Waals surface area (Å²) in [4.78, 5) is 4.38. The molecule has 2 rings (SSSR count). The first kappa shape index (κ1) is 10.1. The van der Waals surface area contributed by atoms with Gasteiger partial charge in [0.05, 0.1) is 5.69 Å². The summed E-state index contributed by atoms with van der Waals surface area (Å²) in [6, 6.07) is 18.0. The number of nitrogens with zero attached hydrogens (tertiary/aromatic N) is 1. The fraction of sp³-hybridized carbons (Fsp3) is 0. The molecule has 0 aliphatic rings. The first-order chi connectivity index (χ1) is 7.34. The van der Waals surface area contributed by atoms with Crippen molar-refractivity contribution < 1.29 is 0 Å². The van der Waals surface area contributed by atoms with Crippen LogP contribution in [0, 0.1) is 0 Å². The molecule has 2 heteroatoms. The molecule has 1 nitrogen and oxygen atoms in total. The van der Waals surface area contributed by atoms with Gasteiger partial charge in [-0.25, -0.2) is 0 Å². The highest BCUT2D eigenvalue weighted by Gasteiger charge is 1.89. The SMILES string of the molecule is Brc1cccc(N=Cc2ccccc2)c1. The van der Waals surface area contributed by atoms with E-state index in [0.717, 1.165) is 15.7 Å². The molecule has 0 aliphatic carbocycles. The average Bonchev–Trinajstić information content (AvgIpc) is 2.28. The Kier molecular flexibility index (Phi) is 3.30. The van der Waals surface area contributed by atoms with E-state index in [1.807, 2.05) is 60.8 Å². The van der Waals surface area contributed by atoms with E-state index >= 15 is 0 Å². The Morgan fingerprint density at radius 2 is 1.73 bits per heavy atom. The maximum atomic E-state index is 4.38. The Morgan fingerprint density at radius 1 is 0.933 bits per heavy atom. The Balaban J connectivity index is 2.19. The van der Waals surface area contributed by atoms with Gasteiger partial charge in [0, 0.05) is 10.7 Å². The molecule has 0 heterocycles. The molecule has 0 atom stereocenters. The molecule has 2 aromatic carbocycles. The predicted octanol–water partition coefficient (Wildman–Crippen LogP) is 4.20. The fourth-order valence-corrected chi connectivity index (χ4v) is 1.63. The lowest BCUT2D eigenvalue weighted by Gasteiger charge is -1.94. The van der Waals surface area contributed by atoms with Gasteiger partial charge in [-0.15, -0.1) is 0 Å². The van der Waals surface area contributed by atoms with Crippen molar-refractivity contribution in [3.63, 3.8) is 0 Å². The Labute approximate surface area is 97.6 Å². The van der Waals surface area contributed by atoms with Gasteiger partial charge in [-0.2, -0.15) is 0 Å². The van der Waals surface area contributed by atoms with Crippen molar-refractivity contribution in [1.29, 1.82) is 0 Å². The van der Waals surface area contributed by atoms with Gasteiger partial charge >= 0.3 is 0 Å². The number of hydrogen-bond acceptors (Lipinski definition) is 1. The van der Waals surface area contributed by atoms with Crippen LogP contribution in [-0.2, 0) is 0 Å². The van der Waals surface area contributed by atoms with Gasteiger partial charge < -0.3 is 0 Å². The van der Waals surface area contributed by atoms with Crippen LogP contribution in [0.5, 0.6) is 0 Å². The summed E-state index contributed by atoms with van der Waals surface area (Å²) in [6.45, 7) is 0. The number of aliphatic imine (C=N–C) groups is 1. The molecule has 0 radical (unpaired) electrons. The smallest absolute Gasteiger partial charge is 0.0641 e. The van der Waals surface area contributed by atoms with Crippen LogP contribution in [0.15, 0.2) is 64.1 Å². The zero-order valence-corrected chi connectivity index (χ0v) is 9.68. The van der Waals surface area contributed by atoms with Crippen LogP contribution >= 0.6 is 15.9 Å². The van der Waals surface area contributed by atoms with Crippen molar-refractivity contribution in [3.05, 3.63) is 64.6 Å². The lowest BCUT2D eigenvalue weighted by Crippen LogP contribution is -1.77. The van der Waals surface area contributed by atoms with E-state index in [2.05, 4.69) is 20.9 Å². The van der Waals surface area contributed by atoms with Gasteiger partial charge in [0.25, 0.3) is 0 Å². The van der Waals surface area contributed by atoms with Crippen LogP contribution < -0.4 is 0 Å². The van der Waals surface area contributed by atoms with Crippen LogP contribution in [-0.4, -0.2) is 6.21 Å². The second-order valence-corrected chi connectivity index (χ2v) is 4.06. The highest BCUT2D eigenvalue weighted by Crippen LogP contribution is 2.18. The minimum atomic E-state index is 0.952. The van der Waals surface area contributed by atoms with Gasteiger partial charge in [0.1, 0.15) is 0 Å². The first-order valence-corrected chi connectivity index (χ1v) is 5.48. The summed E-state index contributed by atoms with van der Waals surface area (Å²) in [5.74, 6) is 0. The lowest BCUT2D eigenvalue weighted by molar-refractivity contribution is 1.51. The molecule has 0 unspecified atom stereocenters. The third-order valence-electron chi connectivity index (χ3n) is 1.97. The van der Waals surface area contributed by atoms with Crippen LogP contribution in [0.25, 0.3) is 0 Å². The van der Waals surface area contributed by atoms with E-state index in [4.69, 9.17) is 0 Å². The molecule has 0 saturated heterocycles. The summed E-state index contributed by atoms with van der Waals surface area (Å²) in [5.41, 5.74) is 2.06. The van der Waals surface area contributed by atoms with Crippen LogP contribution in [0.1, 0.15) is 5.56 Å². The number of rotatable bonds is 2. The van der Waals surface area contributed by atoms with Gasteiger partial charge in [-0.05, 0) is 23.8 Å². The quantitative estimate of drug-likeness (QED) is 0.717. The van der Waals surface area contributed by atoms with Gasteiger partial charge in [-0.3, -0.25) is 4.99 Å². The number of benzene rings is 2. The van der Waals surface area contributed by atoms with Crippen LogP contribution in [0.4, 0.5) is 5.69 Å². The molecular formula is C13H10BrN. The maximum absolute atomic E-state index is 4.38. The molecule has 0 saturated carbocycles. The highest BCUT2D eigenvalue weighted by atomic mass is 79.9. The monoisotopic (exact) mass is 259 g/mol. The Morgan fingerprint density at radius 3 is 2.47 bits per heavy atom. The Bertz CT molecular complexity index is 463. The second-order valence-electron chi connectivity index (χ2n) is 3.15. The third kappa shape index (κ3) is 3.03.